The van der Waals surface area contributed by atoms with Crippen LogP contribution in [0.1, 0.15) is 0 Å². The Kier molecular flexibility index (Phi) is 16000. The van der Waals surface area contributed by atoms with Crippen molar-refractivity contribution in [2.24, 2.45) is 0 Å². The molecular weight excluding hydrogens is 353 g/mol. The number of hydrogen-bond donors (Lipinski definition) is 1. The molecule has 0 atom stereocenters. The summed E-state index contributed by atoms with van der Waals surface area (Å²) in [4.78, 5) is 49.3. The summed E-state index contributed by atoms with van der Waals surface area (Å²) in [5.74, 6) is 0. The first-order chi connectivity index (χ1) is 7.91. The summed E-state index contributed by atoms with van der Waals surface area (Å²) in [7, 11) is 3.28. The minimum absolute atomic E-state index is 0. The molecule has 0 heterocycles. The largest absolute Gasteiger partial charge is 0.305 e. The molecule has 0 aliphatic heterocycles. The van der Waals surface area contributed by atoms with Gasteiger partial charge >= 0.3 is 0 Å². The predicted octanol–water partition coefficient (Wildman–Crippen LogP) is -2.20. The van der Waals surface area contributed by atoms with Crippen LogP contribution in [0.2, 0.25) is 0 Å². The maximum Gasteiger partial charge on any atom is 0.281 e. The van der Waals surface area contributed by atoms with Crippen LogP contribution >= 0.6 is 12.4 Å². The minimum Gasteiger partial charge on any atom is -0.305 e. The van der Waals surface area contributed by atoms with Crippen molar-refractivity contribution in [3.63, 3.8) is 0 Å². The maximum absolute atomic E-state index is 7.50. The van der Waals surface area contributed by atoms with Crippen molar-refractivity contribution in [2.45, 2.75) is 0 Å². The van der Waals surface area contributed by atoms with E-state index in [2.05, 4.69) is 51.1 Å². The van der Waals surface area contributed by atoms with Crippen molar-refractivity contribution < 1.29 is 54.7 Å². The fourth-order valence-corrected chi connectivity index (χ4v) is 0. The summed E-state index contributed by atoms with van der Waals surface area (Å²) in [5, 5.41) is 0. The van der Waals surface area contributed by atoms with Gasteiger partial charge in [-0.15, -0.1) is 12.4 Å². The standard InChI is InChI=1S/C2H7NO.6CO.ClH.Mo/c1-3-4-2;6*1-2;;/h3H,1-2H3;;;;;;;1H;. The van der Waals surface area contributed by atoms with E-state index in [1.807, 2.05) is 0 Å². The van der Waals surface area contributed by atoms with E-state index in [1.54, 1.807) is 14.2 Å². The van der Waals surface area contributed by atoms with Crippen LogP contribution in [0.3, 0.4) is 0 Å². The first-order valence-corrected chi connectivity index (χ1v) is 2.34. The van der Waals surface area contributed by atoms with Crippen LogP contribution in [-0.4, -0.2) is 54.9 Å². The number of hydrogen-bond acceptors (Lipinski definition) is 8. The summed E-state index contributed by atoms with van der Waals surface area (Å²) >= 11 is 0. The predicted molar refractivity (Wildman–Crippen MR) is 57.5 cm³/mol. The van der Waals surface area contributed by atoms with Crippen LogP contribution < -0.4 is 5.48 Å². The number of hydroxylamine groups is 1. The second kappa shape index (κ2) is 4200. The van der Waals surface area contributed by atoms with Gasteiger partial charge in [-0.25, -0.2) is 5.48 Å². The molecule has 0 fully saturated rings. The van der Waals surface area contributed by atoms with Crippen molar-refractivity contribution in [3.8, 4) is 0 Å². The van der Waals surface area contributed by atoms with Crippen LogP contribution in [0.25, 0.3) is 0 Å². The molecule has 0 spiro atoms. The molecule has 10 heteroatoms. The van der Waals surface area contributed by atoms with Crippen LogP contribution in [0, 0.1) is 0 Å². The normalized spacial score (nSPS) is 3.00. The zero-order chi connectivity index (χ0) is 15.4. The third-order valence-electron chi connectivity index (χ3n) is 0.204. The molecule has 0 unspecified atom stereocenters. The van der Waals surface area contributed by atoms with Gasteiger partial charge in [0.1, 0.15) is 0 Å². The van der Waals surface area contributed by atoms with E-state index in [-0.39, 0.29) is 33.5 Å². The Morgan fingerprint density at radius 1 is 0.667 bits per heavy atom. The van der Waals surface area contributed by atoms with Crippen molar-refractivity contribution in [3.05, 3.63) is 0 Å². The van der Waals surface area contributed by atoms with Gasteiger partial charge in [0.2, 0.25) is 0 Å². The molecule has 18 heavy (non-hydrogen) atoms. The molecule has 0 amide bonds. The summed E-state index contributed by atoms with van der Waals surface area (Å²) in [5.41, 5.74) is 2.43. The average Bonchev–Trinajstić information content (AvgIpc) is 2.51. The van der Waals surface area contributed by atoms with E-state index in [9.17, 15) is 0 Å². The number of halogens is 1. The van der Waals surface area contributed by atoms with Gasteiger partial charge in [0, 0.05) is 28.1 Å². The molecule has 0 aromatic heterocycles. The Hall–Kier alpha value is -1.08. The van der Waals surface area contributed by atoms with Crippen molar-refractivity contribution >= 4 is 53.1 Å². The zero-order valence-electron chi connectivity index (χ0n) is 9.17. The monoisotopic (exact) mass is 363 g/mol. The molecule has 0 aliphatic carbocycles. The first-order valence-electron chi connectivity index (χ1n) is 2.34. The second-order valence-electron chi connectivity index (χ2n) is 0.408. The Morgan fingerprint density at radius 2 is 0.722 bits per heavy atom. The Balaban J connectivity index is -0.00000000758. The Bertz CT molecular complexity index is 61.9. The van der Waals surface area contributed by atoms with Crippen molar-refractivity contribution in [1.82, 2.24) is 5.48 Å². The molecule has 0 rings (SSSR count). The van der Waals surface area contributed by atoms with Crippen molar-refractivity contribution in [1.29, 1.82) is 0 Å². The second-order valence-corrected chi connectivity index (χ2v) is 0.408. The summed E-state index contributed by atoms with van der Waals surface area (Å²) in [6, 6.07) is 0. The van der Waals surface area contributed by atoms with Gasteiger partial charge in [-0.1, -0.05) is 0 Å². The van der Waals surface area contributed by atoms with Gasteiger partial charge in [-0.05, 0) is 0 Å². The number of rotatable bonds is 1. The quantitative estimate of drug-likeness (QED) is 0.412. The van der Waals surface area contributed by atoms with Crippen LogP contribution in [0.15, 0.2) is 0 Å². The SMILES string of the molecule is CNOC.Cl.[C]=O.[C]=O.[C]=O.[C]=O.[C]=O.[C]=O.[Mo]. The van der Waals surface area contributed by atoms with E-state index >= 15 is 0 Å². The number of carbonyl (C=O) groups excluding carboxylic acids is 6. The van der Waals surface area contributed by atoms with E-state index in [0.717, 1.165) is 0 Å². The van der Waals surface area contributed by atoms with E-state index in [0.29, 0.717) is 0 Å². The molecule has 0 aromatic rings. The zero-order valence-corrected chi connectivity index (χ0v) is 12.0. The Morgan fingerprint density at radius 3 is 0.722 bits per heavy atom. The minimum atomic E-state index is 0. The van der Waals surface area contributed by atoms with Crippen molar-refractivity contribution in [2.75, 3.05) is 14.2 Å². The van der Waals surface area contributed by atoms with E-state index < -0.39 is 0 Å². The third kappa shape index (κ3) is 433000. The van der Waals surface area contributed by atoms with E-state index in [1.165, 1.54) is 0 Å². The first kappa shape index (κ1) is 68.4. The fraction of sp³-hybridized carbons (Fsp3) is 0.250. The molecule has 0 aliphatic rings. The van der Waals surface area contributed by atoms with Crippen LogP contribution in [-0.2, 0) is 54.7 Å². The molecule has 100 valence electrons. The smallest absolute Gasteiger partial charge is 0.281 e. The molecule has 0 saturated heterocycles. The van der Waals surface area contributed by atoms with Gasteiger partial charge in [0.15, 0.2) is 0 Å². The molecular formula is C8H8ClMoNO7. The van der Waals surface area contributed by atoms with Crippen LogP contribution in [0.4, 0.5) is 0 Å². The molecule has 0 saturated carbocycles. The van der Waals surface area contributed by atoms with Gasteiger partial charge < -0.3 is 4.84 Å². The molecule has 1 N–H and O–H groups in total. The van der Waals surface area contributed by atoms with Gasteiger partial charge in [0.25, 0.3) is 40.7 Å². The molecule has 8 nitrogen and oxygen atoms in total. The Labute approximate surface area is 127 Å². The topological polar surface area (TPSA) is 124 Å². The van der Waals surface area contributed by atoms with Crippen LogP contribution in [0.5, 0.6) is 0 Å². The number of nitrogens with one attached hydrogen (secondary N) is 1. The van der Waals surface area contributed by atoms with Gasteiger partial charge in [-0.3, -0.25) is 28.8 Å². The molecule has 12 radical (unpaired) electrons. The fourth-order valence-electron chi connectivity index (χ4n) is 0. The molecule has 0 aromatic carbocycles. The van der Waals surface area contributed by atoms with E-state index in [4.69, 9.17) is 28.8 Å². The maximum atomic E-state index is 7.50. The average molecular weight is 362 g/mol. The molecule has 0 bridgehead atoms. The summed E-state index contributed by atoms with van der Waals surface area (Å²) < 4.78 is 0. The van der Waals surface area contributed by atoms with Gasteiger partial charge in [-0.2, -0.15) is 0 Å². The summed E-state index contributed by atoms with van der Waals surface area (Å²) in [6.45, 7) is 27.0. The third-order valence-corrected chi connectivity index (χ3v) is 0.204. The van der Waals surface area contributed by atoms with Gasteiger partial charge in [0.05, 0.1) is 7.11 Å². The summed E-state index contributed by atoms with van der Waals surface area (Å²) in [6.07, 6.45) is 0.